The maximum atomic E-state index is 12.5. The fraction of sp³-hybridized carbons (Fsp3) is 0.375. The summed E-state index contributed by atoms with van der Waals surface area (Å²) in [5, 5.41) is 0. The first kappa shape index (κ1) is 15.7. The topological polar surface area (TPSA) is 34.1 Å². The Morgan fingerprint density at radius 1 is 1.16 bits per heavy atom. The minimum absolute atomic E-state index is 0.378. The van der Waals surface area contributed by atoms with Gasteiger partial charge in [-0.3, -0.25) is 0 Å². The van der Waals surface area contributed by atoms with E-state index >= 15 is 0 Å². The lowest BCUT2D eigenvalue weighted by Crippen LogP contribution is -2.05. The number of rotatable bonds is 5. The molecule has 0 aliphatic heterocycles. The minimum atomic E-state index is -3.33. The van der Waals surface area contributed by atoms with E-state index < -0.39 is 9.84 Å². The normalized spacial score (nSPS) is 12.3. The van der Waals surface area contributed by atoms with Crippen LogP contribution < -0.4 is 0 Å². The second kappa shape index (κ2) is 6.71. The zero-order chi connectivity index (χ0) is 14.5. The summed E-state index contributed by atoms with van der Waals surface area (Å²) in [4.78, 5) is 0.872. The van der Waals surface area contributed by atoms with Gasteiger partial charge in [0.1, 0.15) is 0 Å². The van der Waals surface area contributed by atoms with E-state index in [0.29, 0.717) is 16.2 Å². The summed E-state index contributed by atoms with van der Waals surface area (Å²) in [6, 6.07) is 7.01. The van der Waals surface area contributed by atoms with Crippen molar-refractivity contribution in [1.82, 2.24) is 0 Å². The molecule has 19 heavy (non-hydrogen) atoms. The Kier molecular flexibility index (Phi) is 5.55. The monoisotopic (exact) mass is 278 g/mol. The fourth-order valence-electron chi connectivity index (χ4n) is 1.81. The zero-order valence-corrected chi connectivity index (χ0v) is 12.9. The van der Waals surface area contributed by atoms with Gasteiger partial charge in [0.05, 0.1) is 4.90 Å². The molecule has 0 bridgehead atoms. The molecule has 0 amide bonds. The SMILES string of the molecule is C/C=C(/CCC=C(C)C)S(=O)(=O)c1ccc(C)cc1. The van der Waals surface area contributed by atoms with Crippen LogP contribution in [0, 0.1) is 6.92 Å². The van der Waals surface area contributed by atoms with Crippen molar-refractivity contribution in [3.05, 3.63) is 52.5 Å². The van der Waals surface area contributed by atoms with E-state index in [1.54, 1.807) is 25.1 Å². The maximum absolute atomic E-state index is 12.5. The van der Waals surface area contributed by atoms with Crippen molar-refractivity contribution in [2.45, 2.75) is 45.4 Å². The van der Waals surface area contributed by atoms with Gasteiger partial charge in [0, 0.05) is 4.91 Å². The van der Waals surface area contributed by atoms with Gasteiger partial charge in [0.25, 0.3) is 0 Å². The van der Waals surface area contributed by atoms with E-state index in [-0.39, 0.29) is 0 Å². The standard InChI is InChI=1S/C16H22O2S/c1-5-15(8-6-7-13(2)3)19(17,18)16-11-9-14(4)10-12-16/h5,7,9-12H,6,8H2,1-4H3/b15-5-. The van der Waals surface area contributed by atoms with Crippen molar-refractivity contribution in [2.75, 3.05) is 0 Å². The molecule has 1 aromatic carbocycles. The van der Waals surface area contributed by atoms with E-state index in [1.807, 2.05) is 32.9 Å². The van der Waals surface area contributed by atoms with E-state index in [9.17, 15) is 8.42 Å². The average Bonchev–Trinajstić information content (AvgIpc) is 2.34. The Morgan fingerprint density at radius 3 is 2.21 bits per heavy atom. The van der Waals surface area contributed by atoms with E-state index in [1.165, 1.54) is 5.57 Å². The first-order valence-electron chi connectivity index (χ1n) is 6.48. The van der Waals surface area contributed by atoms with Crippen LogP contribution in [-0.2, 0) is 9.84 Å². The van der Waals surface area contributed by atoms with Crippen LogP contribution in [0.25, 0.3) is 0 Å². The minimum Gasteiger partial charge on any atom is -0.219 e. The Balaban J connectivity index is 2.97. The second-order valence-corrected chi connectivity index (χ2v) is 6.89. The average molecular weight is 278 g/mol. The molecular weight excluding hydrogens is 256 g/mol. The number of aryl methyl sites for hydroxylation is 1. The number of sulfone groups is 1. The van der Waals surface area contributed by atoms with Crippen molar-refractivity contribution >= 4 is 9.84 Å². The van der Waals surface area contributed by atoms with Crippen LogP contribution in [-0.4, -0.2) is 8.42 Å². The van der Waals surface area contributed by atoms with Crippen molar-refractivity contribution in [3.8, 4) is 0 Å². The summed E-state index contributed by atoms with van der Waals surface area (Å²) in [5.41, 5.74) is 2.27. The van der Waals surface area contributed by atoms with Crippen LogP contribution in [0.3, 0.4) is 0 Å². The van der Waals surface area contributed by atoms with Gasteiger partial charge < -0.3 is 0 Å². The summed E-state index contributed by atoms with van der Waals surface area (Å²) < 4.78 is 24.9. The van der Waals surface area contributed by atoms with Crippen molar-refractivity contribution < 1.29 is 8.42 Å². The molecule has 0 radical (unpaired) electrons. The van der Waals surface area contributed by atoms with Crippen molar-refractivity contribution in [2.24, 2.45) is 0 Å². The molecule has 3 heteroatoms. The Morgan fingerprint density at radius 2 is 1.74 bits per heavy atom. The van der Waals surface area contributed by atoms with Gasteiger partial charge in [-0.15, -0.1) is 0 Å². The second-order valence-electron chi connectivity index (χ2n) is 4.89. The first-order valence-corrected chi connectivity index (χ1v) is 7.96. The van der Waals surface area contributed by atoms with E-state index in [2.05, 4.69) is 6.08 Å². The highest BCUT2D eigenvalue weighted by Gasteiger charge is 2.18. The molecule has 0 spiro atoms. The third-order valence-electron chi connectivity index (χ3n) is 2.94. The molecule has 0 aliphatic carbocycles. The zero-order valence-electron chi connectivity index (χ0n) is 12.1. The third kappa shape index (κ3) is 4.35. The summed E-state index contributed by atoms with van der Waals surface area (Å²) in [6.45, 7) is 7.76. The van der Waals surface area contributed by atoms with Crippen LogP contribution in [0.4, 0.5) is 0 Å². The molecule has 0 aliphatic rings. The highest BCUT2D eigenvalue weighted by Crippen LogP contribution is 2.23. The molecule has 0 aromatic heterocycles. The van der Waals surface area contributed by atoms with Crippen LogP contribution in [0.1, 0.15) is 39.2 Å². The Hall–Kier alpha value is -1.35. The molecule has 0 saturated heterocycles. The highest BCUT2D eigenvalue weighted by atomic mass is 32.2. The molecular formula is C16H22O2S. The van der Waals surface area contributed by atoms with Crippen LogP contribution in [0.2, 0.25) is 0 Å². The Labute approximate surface area is 116 Å². The molecule has 1 aromatic rings. The molecule has 104 valence electrons. The first-order chi connectivity index (χ1) is 8.87. The molecule has 0 heterocycles. The molecule has 0 saturated carbocycles. The Bertz CT molecular complexity index is 572. The van der Waals surface area contributed by atoms with Gasteiger partial charge in [-0.25, -0.2) is 8.42 Å². The van der Waals surface area contributed by atoms with Crippen LogP contribution in [0.15, 0.2) is 51.8 Å². The van der Waals surface area contributed by atoms with E-state index in [4.69, 9.17) is 0 Å². The number of benzene rings is 1. The van der Waals surface area contributed by atoms with Gasteiger partial charge in [-0.05, 0) is 52.7 Å². The van der Waals surface area contributed by atoms with Crippen LogP contribution >= 0.6 is 0 Å². The van der Waals surface area contributed by atoms with Crippen molar-refractivity contribution in [1.29, 1.82) is 0 Å². The van der Waals surface area contributed by atoms with Gasteiger partial charge >= 0.3 is 0 Å². The largest absolute Gasteiger partial charge is 0.219 e. The lowest BCUT2D eigenvalue weighted by molar-refractivity contribution is 0.600. The predicted octanol–water partition coefficient (Wildman–Crippen LogP) is 4.42. The molecule has 2 nitrogen and oxygen atoms in total. The van der Waals surface area contributed by atoms with Gasteiger partial charge in [-0.1, -0.05) is 35.4 Å². The molecule has 1 rings (SSSR count). The van der Waals surface area contributed by atoms with Gasteiger partial charge in [-0.2, -0.15) is 0 Å². The maximum Gasteiger partial charge on any atom is 0.202 e. The lowest BCUT2D eigenvalue weighted by Gasteiger charge is -2.08. The van der Waals surface area contributed by atoms with Crippen LogP contribution in [0.5, 0.6) is 0 Å². The summed E-state index contributed by atoms with van der Waals surface area (Å²) in [6.07, 6.45) is 5.08. The van der Waals surface area contributed by atoms with E-state index in [0.717, 1.165) is 12.0 Å². The molecule has 0 atom stereocenters. The molecule has 0 fully saturated rings. The smallest absolute Gasteiger partial charge is 0.202 e. The summed E-state index contributed by atoms with van der Waals surface area (Å²) >= 11 is 0. The third-order valence-corrected chi connectivity index (χ3v) is 4.96. The number of hydrogen-bond acceptors (Lipinski definition) is 2. The van der Waals surface area contributed by atoms with Gasteiger partial charge in [0.2, 0.25) is 9.84 Å². The number of allylic oxidation sites excluding steroid dienone is 4. The lowest BCUT2D eigenvalue weighted by atomic mass is 10.2. The molecule has 0 unspecified atom stereocenters. The predicted molar refractivity (Wildman–Crippen MR) is 80.8 cm³/mol. The van der Waals surface area contributed by atoms with Gasteiger partial charge in [0.15, 0.2) is 0 Å². The highest BCUT2D eigenvalue weighted by molar-refractivity contribution is 7.95. The summed E-state index contributed by atoms with van der Waals surface area (Å²) in [5.74, 6) is 0. The number of hydrogen-bond donors (Lipinski definition) is 0. The molecule has 0 N–H and O–H groups in total. The summed E-state index contributed by atoms with van der Waals surface area (Å²) in [7, 11) is -3.33. The van der Waals surface area contributed by atoms with Crippen molar-refractivity contribution in [3.63, 3.8) is 0 Å². The quantitative estimate of drug-likeness (QED) is 0.747. The fourth-order valence-corrected chi connectivity index (χ4v) is 3.30.